The number of aliphatic hydroxyl groups excluding tert-OH is 2. The van der Waals surface area contributed by atoms with Crippen LogP contribution in [-0.2, 0) is 16.0 Å². The fraction of sp³-hybridized carbons (Fsp3) is 0.378. The quantitative estimate of drug-likeness (QED) is 0.155. The van der Waals surface area contributed by atoms with Gasteiger partial charge in [0.2, 0.25) is 0 Å². The summed E-state index contributed by atoms with van der Waals surface area (Å²) in [6.45, 7) is 8.54. The number of hydrogen-bond donors (Lipinski definition) is 3. The average molecular weight is 615 g/mol. The second-order valence-corrected chi connectivity index (χ2v) is 12.5. The third kappa shape index (κ3) is 7.89. The van der Waals surface area contributed by atoms with Crippen molar-refractivity contribution in [2.24, 2.45) is 0 Å². The lowest BCUT2D eigenvalue weighted by atomic mass is 9.94. The van der Waals surface area contributed by atoms with Gasteiger partial charge in [0, 0.05) is 29.9 Å². The number of nitrogens with one attached hydrogen (secondary N) is 1. The van der Waals surface area contributed by atoms with Gasteiger partial charge in [0.25, 0.3) is 5.91 Å². The first-order valence-corrected chi connectivity index (χ1v) is 15.6. The molecule has 238 valence electrons. The molecule has 1 aliphatic rings. The molecule has 7 nitrogen and oxygen atoms in total. The van der Waals surface area contributed by atoms with Crippen LogP contribution in [0.3, 0.4) is 0 Å². The highest BCUT2D eigenvalue weighted by Gasteiger charge is 2.34. The van der Waals surface area contributed by atoms with E-state index >= 15 is 0 Å². The van der Waals surface area contributed by atoms with Crippen molar-refractivity contribution in [1.29, 1.82) is 0 Å². The molecule has 1 aliphatic heterocycles. The Kier molecular flexibility index (Phi) is 10.2. The fourth-order valence-corrected chi connectivity index (χ4v) is 6.20. The zero-order valence-electron chi connectivity index (χ0n) is 26.4. The van der Waals surface area contributed by atoms with Crippen molar-refractivity contribution in [2.45, 2.75) is 83.5 Å². The third-order valence-electron chi connectivity index (χ3n) is 8.12. The number of anilines is 1. The van der Waals surface area contributed by atoms with E-state index in [1.807, 2.05) is 88.4 Å². The first kappa shape index (κ1) is 32.6. The van der Waals surface area contributed by atoms with Gasteiger partial charge in [0.15, 0.2) is 5.79 Å². The Morgan fingerprint density at radius 1 is 0.956 bits per heavy atom. The van der Waals surface area contributed by atoms with E-state index in [0.29, 0.717) is 37.2 Å². The van der Waals surface area contributed by atoms with Crippen molar-refractivity contribution in [3.8, 4) is 22.4 Å². The maximum atomic E-state index is 14.2. The van der Waals surface area contributed by atoms with Crippen molar-refractivity contribution in [3.63, 3.8) is 0 Å². The van der Waals surface area contributed by atoms with Crippen molar-refractivity contribution in [1.82, 2.24) is 4.57 Å². The molecule has 1 fully saturated rings. The molecule has 4 aromatic rings. The number of carbonyl (C=O) groups is 1. The molecule has 1 amide bonds. The molecule has 45 heavy (non-hydrogen) atoms. The van der Waals surface area contributed by atoms with Crippen LogP contribution in [-0.4, -0.2) is 51.4 Å². The number of benzene rings is 3. The third-order valence-corrected chi connectivity index (χ3v) is 8.12. The molecule has 2 heterocycles. The van der Waals surface area contributed by atoms with E-state index in [4.69, 9.17) is 9.47 Å². The van der Waals surface area contributed by atoms with Crippen molar-refractivity contribution < 1.29 is 28.9 Å². The summed E-state index contributed by atoms with van der Waals surface area (Å²) in [5.74, 6) is -1.34. The molecule has 0 saturated carbocycles. The predicted molar refractivity (Wildman–Crippen MR) is 175 cm³/mol. The maximum absolute atomic E-state index is 14.2. The van der Waals surface area contributed by atoms with Crippen molar-refractivity contribution in [3.05, 3.63) is 102 Å². The zero-order valence-corrected chi connectivity index (χ0v) is 26.4. The Balaban J connectivity index is 1.53. The highest BCUT2D eigenvalue weighted by atomic mass is 19.1. The summed E-state index contributed by atoms with van der Waals surface area (Å²) >= 11 is 0. The van der Waals surface area contributed by atoms with E-state index in [9.17, 15) is 19.4 Å². The van der Waals surface area contributed by atoms with E-state index in [1.165, 1.54) is 12.1 Å². The van der Waals surface area contributed by atoms with Gasteiger partial charge in [-0.3, -0.25) is 4.79 Å². The van der Waals surface area contributed by atoms with E-state index < -0.39 is 18.0 Å². The Bertz CT molecular complexity index is 1570. The standard InChI is InChI=1S/C37H43FN2O5/c1-24(2)34-33(36(43)39-28-13-9-6-10-14-28)32(25-11-7-5-8-12-25)35(26-15-17-27(38)18-16-26)40(34)20-19-29(41)21-30(42)22-31-23-44-37(3,4)45-31/h5-18,24,29-31,41-42H,19-23H2,1-4H3,(H,39,43)/t29-,30-,31+/m1/s1. The first-order chi connectivity index (χ1) is 21.5. The lowest BCUT2D eigenvalue weighted by Crippen LogP contribution is -2.27. The van der Waals surface area contributed by atoms with Crippen molar-refractivity contribution >= 4 is 11.6 Å². The molecule has 0 spiro atoms. The molecule has 3 atom stereocenters. The molecule has 0 radical (unpaired) electrons. The fourth-order valence-electron chi connectivity index (χ4n) is 6.20. The SMILES string of the molecule is CC(C)c1c(C(=O)Nc2ccccc2)c(-c2ccccc2)c(-c2ccc(F)cc2)n1CC[C@@H](O)C[C@@H](O)C[C@H]1COC(C)(C)O1. The Morgan fingerprint density at radius 3 is 2.20 bits per heavy atom. The van der Waals surface area contributed by atoms with Crippen LogP contribution >= 0.6 is 0 Å². The largest absolute Gasteiger partial charge is 0.393 e. The van der Waals surface area contributed by atoms with Gasteiger partial charge in [-0.05, 0) is 80.1 Å². The number of rotatable bonds is 12. The van der Waals surface area contributed by atoms with Crippen LogP contribution < -0.4 is 5.32 Å². The van der Waals surface area contributed by atoms with Gasteiger partial charge in [-0.25, -0.2) is 4.39 Å². The van der Waals surface area contributed by atoms with Crippen LogP contribution in [0.4, 0.5) is 10.1 Å². The molecule has 3 aromatic carbocycles. The van der Waals surface area contributed by atoms with Crippen LogP contribution in [0.1, 0.15) is 68.9 Å². The summed E-state index contributed by atoms with van der Waals surface area (Å²) in [7, 11) is 0. The number of halogens is 1. The van der Waals surface area contributed by atoms with Crippen LogP contribution in [0.2, 0.25) is 0 Å². The minimum atomic E-state index is -0.805. The summed E-state index contributed by atoms with van der Waals surface area (Å²) < 4.78 is 27.7. The van der Waals surface area contributed by atoms with Gasteiger partial charge in [-0.2, -0.15) is 0 Å². The monoisotopic (exact) mass is 614 g/mol. The van der Waals surface area contributed by atoms with E-state index in [2.05, 4.69) is 9.88 Å². The second kappa shape index (κ2) is 14.1. The number of aromatic nitrogens is 1. The summed E-state index contributed by atoms with van der Waals surface area (Å²) in [5, 5.41) is 25.0. The van der Waals surface area contributed by atoms with Gasteiger partial charge in [-0.15, -0.1) is 0 Å². The molecule has 1 aromatic heterocycles. The number of ether oxygens (including phenoxy) is 2. The number of amides is 1. The lowest BCUT2D eigenvalue weighted by Gasteiger charge is -2.22. The Morgan fingerprint density at radius 2 is 1.60 bits per heavy atom. The van der Waals surface area contributed by atoms with Gasteiger partial charge in [-0.1, -0.05) is 62.4 Å². The lowest BCUT2D eigenvalue weighted by molar-refractivity contribution is -0.141. The molecule has 5 rings (SSSR count). The summed E-state index contributed by atoms with van der Waals surface area (Å²) in [4.78, 5) is 14.2. The molecular weight excluding hydrogens is 571 g/mol. The molecular formula is C37H43FN2O5. The van der Waals surface area contributed by atoms with Crippen LogP contribution in [0.5, 0.6) is 0 Å². The smallest absolute Gasteiger partial charge is 0.258 e. The predicted octanol–water partition coefficient (Wildman–Crippen LogP) is 7.38. The van der Waals surface area contributed by atoms with Crippen LogP contribution in [0.15, 0.2) is 84.9 Å². The van der Waals surface area contributed by atoms with Gasteiger partial charge >= 0.3 is 0 Å². The highest BCUT2D eigenvalue weighted by Crippen LogP contribution is 2.42. The van der Waals surface area contributed by atoms with Crippen LogP contribution in [0.25, 0.3) is 22.4 Å². The number of hydrogen-bond acceptors (Lipinski definition) is 5. The maximum Gasteiger partial charge on any atom is 0.258 e. The first-order valence-electron chi connectivity index (χ1n) is 15.6. The van der Waals surface area contributed by atoms with E-state index in [0.717, 1.165) is 28.1 Å². The van der Waals surface area contributed by atoms with Gasteiger partial charge in [0.05, 0.1) is 36.2 Å². The van der Waals surface area contributed by atoms with Crippen molar-refractivity contribution in [2.75, 3.05) is 11.9 Å². The van der Waals surface area contributed by atoms with Crippen LogP contribution in [0, 0.1) is 5.82 Å². The van der Waals surface area contributed by atoms with E-state index in [1.54, 1.807) is 12.1 Å². The van der Waals surface area contributed by atoms with Gasteiger partial charge in [0.1, 0.15) is 5.82 Å². The molecule has 0 aliphatic carbocycles. The normalized spacial score (nSPS) is 17.4. The summed E-state index contributed by atoms with van der Waals surface area (Å²) in [6, 6.07) is 25.3. The molecule has 1 saturated heterocycles. The molecule has 8 heteroatoms. The average Bonchev–Trinajstić information content (AvgIpc) is 3.53. The number of para-hydroxylation sites is 1. The minimum absolute atomic E-state index is 0.0659. The molecule has 0 unspecified atom stereocenters. The summed E-state index contributed by atoms with van der Waals surface area (Å²) in [5.41, 5.74) is 5.16. The minimum Gasteiger partial charge on any atom is -0.393 e. The number of nitrogens with zero attached hydrogens (tertiary/aromatic N) is 1. The number of aliphatic hydroxyl groups is 2. The second-order valence-electron chi connectivity index (χ2n) is 12.5. The zero-order chi connectivity index (χ0) is 32.1. The highest BCUT2D eigenvalue weighted by molar-refractivity contribution is 6.12. The summed E-state index contributed by atoms with van der Waals surface area (Å²) in [6.07, 6.45) is -0.924. The molecule has 0 bridgehead atoms. The Labute approximate surface area is 264 Å². The van der Waals surface area contributed by atoms with Gasteiger partial charge < -0.3 is 29.6 Å². The number of carbonyl (C=O) groups excluding carboxylic acids is 1. The molecule has 3 N–H and O–H groups in total. The Hall–Kier alpha value is -3.82. The van der Waals surface area contributed by atoms with E-state index in [-0.39, 0.29) is 30.2 Å². The topological polar surface area (TPSA) is 93.0 Å².